The van der Waals surface area contributed by atoms with Gasteiger partial charge in [-0.1, -0.05) is 26.0 Å². The maximum Gasteiger partial charge on any atom is 0.243 e. The summed E-state index contributed by atoms with van der Waals surface area (Å²) in [7, 11) is -3.46. The largest absolute Gasteiger partial charge is 0.425 e. The number of nitrogens with zero attached hydrogens (tertiary/aromatic N) is 3. The van der Waals surface area contributed by atoms with E-state index < -0.39 is 10.0 Å². The highest BCUT2D eigenvalue weighted by Gasteiger charge is 2.32. The summed E-state index contributed by atoms with van der Waals surface area (Å²) in [6.07, 6.45) is 1.40. The quantitative estimate of drug-likeness (QED) is 0.832. The van der Waals surface area contributed by atoms with Gasteiger partial charge in [-0.05, 0) is 43.9 Å². The van der Waals surface area contributed by atoms with E-state index in [9.17, 15) is 8.42 Å². The molecule has 3 rings (SSSR count). The first-order chi connectivity index (χ1) is 11.8. The van der Waals surface area contributed by atoms with Crippen LogP contribution in [0.5, 0.6) is 0 Å². The standard InChI is InChI=1S/C18H25N3O3S/c1-12(2)17-19-20-18(24-17)15-7-9-21(10-8-15)25(22,23)16-11-13(3)5-6-14(16)4/h5-6,11-12,15H,7-10H2,1-4H3. The summed E-state index contributed by atoms with van der Waals surface area (Å²) in [6.45, 7) is 8.71. The van der Waals surface area contributed by atoms with Crippen LogP contribution in [0.3, 0.4) is 0 Å². The second-order valence-corrected chi connectivity index (χ2v) is 8.99. The average molecular weight is 363 g/mol. The summed E-state index contributed by atoms with van der Waals surface area (Å²) in [4.78, 5) is 0.408. The number of sulfonamides is 1. The van der Waals surface area contributed by atoms with Gasteiger partial charge in [0.2, 0.25) is 21.8 Å². The molecule has 136 valence electrons. The van der Waals surface area contributed by atoms with E-state index in [1.165, 1.54) is 0 Å². The monoisotopic (exact) mass is 363 g/mol. The number of hydrogen-bond acceptors (Lipinski definition) is 5. The maximum atomic E-state index is 13.0. The highest BCUT2D eigenvalue weighted by Crippen LogP contribution is 2.31. The Balaban J connectivity index is 1.74. The van der Waals surface area contributed by atoms with Crippen LogP contribution in [-0.4, -0.2) is 36.0 Å². The summed E-state index contributed by atoms with van der Waals surface area (Å²) in [5.41, 5.74) is 1.73. The van der Waals surface area contributed by atoms with Gasteiger partial charge in [0, 0.05) is 24.9 Å². The Morgan fingerprint density at radius 1 is 1.16 bits per heavy atom. The lowest BCUT2D eigenvalue weighted by atomic mass is 9.98. The molecular formula is C18H25N3O3S. The van der Waals surface area contributed by atoms with Crippen LogP contribution in [0.4, 0.5) is 0 Å². The molecule has 0 unspecified atom stereocenters. The molecule has 0 aliphatic carbocycles. The predicted octanol–water partition coefficient (Wildman–Crippen LogP) is 3.38. The second-order valence-electron chi connectivity index (χ2n) is 7.08. The van der Waals surface area contributed by atoms with Gasteiger partial charge in [0.05, 0.1) is 4.90 Å². The molecule has 7 heteroatoms. The number of benzene rings is 1. The van der Waals surface area contributed by atoms with Crippen molar-refractivity contribution in [2.75, 3.05) is 13.1 Å². The minimum absolute atomic E-state index is 0.130. The van der Waals surface area contributed by atoms with Gasteiger partial charge >= 0.3 is 0 Å². The van der Waals surface area contributed by atoms with E-state index in [4.69, 9.17) is 4.42 Å². The van der Waals surface area contributed by atoms with E-state index in [1.807, 2.05) is 39.8 Å². The van der Waals surface area contributed by atoms with Crippen molar-refractivity contribution >= 4 is 10.0 Å². The zero-order valence-electron chi connectivity index (χ0n) is 15.2. The van der Waals surface area contributed by atoms with Crippen LogP contribution in [0.15, 0.2) is 27.5 Å². The van der Waals surface area contributed by atoms with Crippen LogP contribution in [0.25, 0.3) is 0 Å². The van der Waals surface area contributed by atoms with Gasteiger partial charge in [-0.2, -0.15) is 4.31 Å². The molecule has 0 saturated carbocycles. The van der Waals surface area contributed by atoms with E-state index in [0.717, 1.165) is 11.1 Å². The van der Waals surface area contributed by atoms with E-state index >= 15 is 0 Å². The van der Waals surface area contributed by atoms with Crippen LogP contribution in [0, 0.1) is 13.8 Å². The Morgan fingerprint density at radius 3 is 2.44 bits per heavy atom. The van der Waals surface area contributed by atoms with Crippen LogP contribution in [0.2, 0.25) is 0 Å². The first kappa shape index (κ1) is 18.1. The van der Waals surface area contributed by atoms with Crippen molar-refractivity contribution in [3.63, 3.8) is 0 Å². The molecule has 6 nitrogen and oxygen atoms in total. The highest BCUT2D eigenvalue weighted by molar-refractivity contribution is 7.89. The van der Waals surface area contributed by atoms with Gasteiger partial charge in [-0.15, -0.1) is 10.2 Å². The van der Waals surface area contributed by atoms with Gasteiger partial charge < -0.3 is 4.42 Å². The molecule has 1 aliphatic heterocycles. The second kappa shape index (κ2) is 6.88. The van der Waals surface area contributed by atoms with Crippen molar-refractivity contribution in [3.8, 4) is 0 Å². The number of aromatic nitrogens is 2. The van der Waals surface area contributed by atoms with Crippen molar-refractivity contribution in [1.82, 2.24) is 14.5 Å². The summed E-state index contributed by atoms with van der Waals surface area (Å²) in [5, 5.41) is 8.23. The summed E-state index contributed by atoms with van der Waals surface area (Å²) >= 11 is 0. The molecule has 0 N–H and O–H groups in total. The molecule has 0 radical (unpaired) electrons. The molecule has 0 amide bonds. The lowest BCUT2D eigenvalue weighted by molar-refractivity contribution is 0.285. The Hall–Kier alpha value is -1.73. The molecule has 2 aromatic rings. The first-order valence-corrected chi connectivity index (χ1v) is 10.1. The summed E-state index contributed by atoms with van der Waals surface area (Å²) < 4.78 is 33.3. The minimum Gasteiger partial charge on any atom is -0.425 e. The summed E-state index contributed by atoms with van der Waals surface area (Å²) in [6, 6.07) is 5.55. The lowest BCUT2D eigenvalue weighted by Crippen LogP contribution is -2.38. The fourth-order valence-electron chi connectivity index (χ4n) is 3.11. The molecule has 1 aromatic carbocycles. The number of piperidine rings is 1. The van der Waals surface area contributed by atoms with Crippen molar-refractivity contribution < 1.29 is 12.8 Å². The van der Waals surface area contributed by atoms with Crippen LogP contribution in [0.1, 0.15) is 61.4 Å². The fourth-order valence-corrected chi connectivity index (χ4v) is 4.89. The number of rotatable bonds is 4. The van der Waals surface area contributed by atoms with Crippen molar-refractivity contribution in [3.05, 3.63) is 41.1 Å². The predicted molar refractivity (Wildman–Crippen MR) is 95.0 cm³/mol. The van der Waals surface area contributed by atoms with Gasteiger partial charge in [-0.25, -0.2) is 8.42 Å². The molecule has 1 saturated heterocycles. The third-order valence-electron chi connectivity index (χ3n) is 4.71. The number of aryl methyl sites for hydroxylation is 2. The normalized spacial score (nSPS) is 17.3. The van der Waals surface area contributed by atoms with E-state index in [1.54, 1.807) is 10.4 Å². The Kier molecular flexibility index (Phi) is 4.97. The van der Waals surface area contributed by atoms with Crippen LogP contribution >= 0.6 is 0 Å². The molecule has 1 aromatic heterocycles. The highest BCUT2D eigenvalue weighted by atomic mass is 32.2. The van der Waals surface area contributed by atoms with Gasteiger partial charge in [0.25, 0.3) is 0 Å². The zero-order chi connectivity index (χ0) is 18.2. The average Bonchev–Trinajstić information content (AvgIpc) is 3.07. The third kappa shape index (κ3) is 3.62. The summed E-state index contributed by atoms with van der Waals surface area (Å²) in [5.74, 6) is 1.60. The van der Waals surface area contributed by atoms with Crippen molar-refractivity contribution in [2.24, 2.45) is 0 Å². The van der Waals surface area contributed by atoms with E-state index in [0.29, 0.717) is 42.6 Å². The minimum atomic E-state index is -3.46. The van der Waals surface area contributed by atoms with Gasteiger partial charge in [0.15, 0.2) is 0 Å². The van der Waals surface area contributed by atoms with Crippen molar-refractivity contribution in [2.45, 2.75) is 57.3 Å². The van der Waals surface area contributed by atoms with E-state index in [2.05, 4.69) is 10.2 Å². The molecule has 0 spiro atoms. The Morgan fingerprint density at radius 2 is 1.84 bits per heavy atom. The maximum absolute atomic E-state index is 13.0. The van der Waals surface area contributed by atoms with E-state index in [-0.39, 0.29) is 11.8 Å². The smallest absolute Gasteiger partial charge is 0.243 e. The molecule has 0 bridgehead atoms. The number of hydrogen-bond donors (Lipinski definition) is 0. The van der Waals surface area contributed by atoms with Gasteiger partial charge in [-0.3, -0.25) is 0 Å². The molecule has 1 fully saturated rings. The lowest BCUT2D eigenvalue weighted by Gasteiger charge is -2.30. The Labute approximate surface area is 149 Å². The molecular weight excluding hydrogens is 338 g/mol. The molecule has 0 atom stereocenters. The SMILES string of the molecule is Cc1ccc(C)c(S(=O)(=O)N2CCC(c3nnc(C(C)C)o3)CC2)c1. The third-order valence-corrected chi connectivity index (χ3v) is 6.76. The zero-order valence-corrected chi connectivity index (χ0v) is 16.0. The fraction of sp³-hybridized carbons (Fsp3) is 0.556. The Bertz CT molecular complexity index is 850. The van der Waals surface area contributed by atoms with Crippen molar-refractivity contribution in [1.29, 1.82) is 0 Å². The van der Waals surface area contributed by atoms with Crippen LogP contribution in [-0.2, 0) is 10.0 Å². The molecule has 2 heterocycles. The topological polar surface area (TPSA) is 76.3 Å². The van der Waals surface area contributed by atoms with Gasteiger partial charge in [0.1, 0.15) is 0 Å². The molecule has 1 aliphatic rings. The first-order valence-electron chi connectivity index (χ1n) is 8.69. The van der Waals surface area contributed by atoms with Crippen LogP contribution < -0.4 is 0 Å². The molecule has 25 heavy (non-hydrogen) atoms.